The summed E-state index contributed by atoms with van der Waals surface area (Å²) in [6, 6.07) is 14.9. The van der Waals surface area contributed by atoms with Gasteiger partial charge in [0.25, 0.3) is 0 Å². The van der Waals surface area contributed by atoms with Gasteiger partial charge < -0.3 is 19.7 Å². The van der Waals surface area contributed by atoms with E-state index in [0.29, 0.717) is 45.5 Å². The van der Waals surface area contributed by atoms with Crippen LogP contribution in [0.5, 0.6) is 5.75 Å². The molecule has 2 amide bonds. The number of alkyl carbamates (subject to hydrolysis) is 1. The average Bonchev–Trinajstić information content (AvgIpc) is 3.08. The van der Waals surface area contributed by atoms with E-state index in [1.807, 2.05) is 47.4 Å². The summed E-state index contributed by atoms with van der Waals surface area (Å²) in [6.07, 6.45) is 3.93. The summed E-state index contributed by atoms with van der Waals surface area (Å²) < 4.78 is 38.1. The maximum atomic E-state index is 14.0. The molecule has 2 aromatic carbocycles. The lowest BCUT2D eigenvalue weighted by molar-refractivity contribution is -0.135. The monoisotopic (exact) mass is 583 g/mol. The number of hydrogen-bond acceptors (Lipinski definition) is 6. The van der Waals surface area contributed by atoms with Gasteiger partial charge in [0.15, 0.2) is 0 Å². The number of anilines is 1. The number of likely N-dealkylation sites (tertiary alicyclic amines) is 1. The molecule has 0 saturated carbocycles. The predicted octanol–water partition coefficient (Wildman–Crippen LogP) is 4.25. The zero-order chi connectivity index (χ0) is 29.4. The van der Waals surface area contributed by atoms with Crippen LogP contribution in [-0.2, 0) is 31.4 Å². The number of ether oxygens (including phenoxy) is 2. The lowest BCUT2D eigenvalue weighted by Gasteiger charge is -2.41. The van der Waals surface area contributed by atoms with Crippen LogP contribution in [0.3, 0.4) is 0 Å². The van der Waals surface area contributed by atoms with Gasteiger partial charge in [-0.15, -0.1) is 0 Å². The van der Waals surface area contributed by atoms with Gasteiger partial charge in [0.2, 0.25) is 15.9 Å². The summed E-state index contributed by atoms with van der Waals surface area (Å²) in [5, 5.41) is 2.89. The van der Waals surface area contributed by atoms with Crippen LogP contribution in [0.4, 0.5) is 10.5 Å². The maximum Gasteiger partial charge on any atom is 0.408 e. The highest BCUT2D eigenvalue weighted by Crippen LogP contribution is 2.48. The lowest BCUT2D eigenvalue weighted by Crippen LogP contribution is -2.54. The summed E-state index contributed by atoms with van der Waals surface area (Å²) in [5.41, 5.74) is 1.83. The molecule has 222 valence electrons. The van der Waals surface area contributed by atoms with Gasteiger partial charge in [0.1, 0.15) is 17.4 Å². The minimum Gasteiger partial charge on any atom is -0.493 e. The van der Waals surface area contributed by atoms with Crippen LogP contribution in [0, 0.1) is 5.92 Å². The van der Waals surface area contributed by atoms with Crippen LogP contribution >= 0.6 is 0 Å². The first-order valence-corrected chi connectivity index (χ1v) is 16.3. The van der Waals surface area contributed by atoms with E-state index in [4.69, 9.17) is 9.47 Å². The van der Waals surface area contributed by atoms with Crippen molar-refractivity contribution in [2.75, 3.05) is 36.8 Å². The third kappa shape index (κ3) is 6.47. The summed E-state index contributed by atoms with van der Waals surface area (Å²) >= 11 is 0. The number of fused-ring (bicyclic) bond motifs is 3. The van der Waals surface area contributed by atoms with Gasteiger partial charge in [0.05, 0.1) is 18.6 Å². The fourth-order valence-corrected chi connectivity index (χ4v) is 7.45. The summed E-state index contributed by atoms with van der Waals surface area (Å²) in [7, 11) is -3.42. The van der Waals surface area contributed by atoms with Gasteiger partial charge in [-0.1, -0.05) is 36.4 Å². The van der Waals surface area contributed by atoms with E-state index in [1.54, 1.807) is 20.8 Å². The molecule has 9 nitrogen and oxygen atoms in total. The third-order valence-corrected chi connectivity index (χ3v) is 9.57. The van der Waals surface area contributed by atoms with Crippen LogP contribution in [-0.4, -0.2) is 69.5 Å². The van der Waals surface area contributed by atoms with Gasteiger partial charge in [-0.2, -0.15) is 0 Å². The van der Waals surface area contributed by atoms with Crippen LogP contribution in [0.1, 0.15) is 57.6 Å². The van der Waals surface area contributed by atoms with Crippen molar-refractivity contribution < 1.29 is 27.5 Å². The summed E-state index contributed by atoms with van der Waals surface area (Å²) in [6.45, 7) is 7.29. The normalized spacial score (nSPS) is 20.8. The first-order chi connectivity index (χ1) is 19.3. The highest BCUT2D eigenvalue weighted by molar-refractivity contribution is 7.92. The molecule has 1 fully saturated rings. The predicted molar refractivity (Wildman–Crippen MR) is 158 cm³/mol. The molecule has 0 aliphatic carbocycles. The van der Waals surface area contributed by atoms with E-state index >= 15 is 0 Å². The van der Waals surface area contributed by atoms with Crippen LogP contribution in [0.15, 0.2) is 48.5 Å². The molecule has 1 N–H and O–H groups in total. The second kappa shape index (κ2) is 11.2. The molecule has 41 heavy (non-hydrogen) atoms. The molecule has 2 atom stereocenters. The number of piperidine rings is 1. The van der Waals surface area contributed by atoms with Crippen molar-refractivity contribution in [3.8, 4) is 5.75 Å². The van der Waals surface area contributed by atoms with Crippen molar-refractivity contribution in [3.05, 3.63) is 59.7 Å². The number of amides is 2. The zero-order valence-corrected chi connectivity index (χ0v) is 25.2. The molecule has 0 radical (unpaired) electrons. The van der Waals surface area contributed by atoms with Gasteiger partial charge in [-0.05, 0) is 82.1 Å². The number of rotatable bonds is 5. The topological polar surface area (TPSA) is 105 Å². The maximum absolute atomic E-state index is 14.0. The van der Waals surface area contributed by atoms with Crippen LogP contribution in [0.25, 0.3) is 0 Å². The fraction of sp³-hybridized carbons (Fsp3) is 0.548. The molecule has 0 bridgehead atoms. The first kappa shape index (κ1) is 29.2. The molecule has 5 rings (SSSR count). The number of carbonyl (C=O) groups excluding carboxylic acids is 2. The molecule has 3 heterocycles. The molecule has 3 aliphatic heterocycles. The van der Waals surface area contributed by atoms with Gasteiger partial charge in [-0.3, -0.25) is 9.10 Å². The molecular weight excluding hydrogens is 542 g/mol. The molecule has 0 unspecified atom stereocenters. The van der Waals surface area contributed by atoms with Crippen molar-refractivity contribution in [1.29, 1.82) is 0 Å². The van der Waals surface area contributed by atoms with E-state index in [0.717, 1.165) is 35.4 Å². The Bertz CT molecular complexity index is 1390. The van der Waals surface area contributed by atoms with Crippen LogP contribution < -0.4 is 14.4 Å². The van der Waals surface area contributed by atoms with Gasteiger partial charge in [0, 0.05) is 25.0 Å². The number of para-hydroxylation sites is 2. The number of carbonyl (C=O) groups is 2. The van der Waals surface area contributed by atoms with E-state index < -0.39 is 27.8 Å². The zero-order valence-electron chi connectivity index (χ0n) is 24.4. The van der Waals surface area contributed by atoms with Crippen molar-refractivity contribution in [3.63, 3.8) is 0 Å². The first-order valence-electron chi connectivity index (χ1n) is 14.4. The number of hydrogen-bond donors (Lipinski definition) is 1. The Balaban J connectivity index is 1.32. The Morgan fingerprint density at radius 2 is 1.78 bits per heavy atom. The average molecular weight is 584 g/mol. The minimum absolute atomic E-state index is 0.129. The van der Waals surface area contributed by atoms with Crippen molar-refractivity contribution in [2.24, 2.45) is 5.92 Å². The van der Waals surface area contributed by atoms with E-state index in [1.165, 1.54) is 10.6 Å². The Morgan fingerprint density at radius 1 is 1.10 bits per heavy atom. The second-order valence-electron chi connectivity index (χ2n) is 12.6. The van der Waals surface area contributed by atoms with Crippen molar-refractivity contribution >= 4 is 27.7 Å². The van der Waals surface area contributed by atoms with Crippen LogP contribution in [0.2, 0.25) is 0 Å². The molecule has 1 spiro atoms. The molecule has 1 saturated heterocycles. The third-order valence-electron chi connectivity index (χ3n) is 8.45. The number of sulfonamides is 1. The largest absolute Gasteiger partial charge is 0.493 e. The lowest BCUT2D eigenvalue weighted by atomic mass is 9.74. The highest BCUT2D eigenvalue weighted by atomic mass is 32.2. The highest BCUT2D eigenvalue weighted by Gasteiger charge is 2.48. The van der Waals surface area contributed by atoms with E-state index in [-0.39, 0.29) is 17.2 Å². The van der Waals surface area contributed by atoms with Crippen molar-refractivity contribution in [1.82, 2.24) is 10.2 Å². The summed E-state index contributed by atoms with van der Waals surface area (Å²) in [5.74, 6) is 0.887. The number of benzene rings is 2. The Kier molecular flexibility index (Phi) is 7.98. The van der Waals surface area contributed by atoms with Crippen molar-refractivity contribution in [2.45, 2.75) is 69.9 Å². The quantitative estimate of drug-likeness (QED) is 0.564. The summed E-state index contributed by atoms with van der Waals surface area (Å²) in [4.78, 5) is 28.7. The van der Waals surface area contributed by atoms with Gasteiger partial charge in [-0.25, -0.2) is 13.2 Å². The second-order valence-corrected chi connectivity index (χ2v) is 14.5. The number of nitrogens with one attached hydrogen (secondary N) is 1. The molecular formula is C31H41N3O6S. The van der Waals surface area contributed by atoms with Gasteiger partial charge >= 0.3 is 6.09 Å². The number of nitrogens with zero attached hydrogens (tertiary/aromatic N) is 2. The molecule has 2 aromatic rings. The molecule has 3 aliphatic rings. The smallest absolute Gasteiger partial charge is 0.408 e. The Labute approximate surface area is 243 Å². The Morgan fingerprint density at radius 3 is 2.49 bits per heavy atom. The fourth-order valence-electron chi connectivity index (χ4n) is 6.45. The van der Waals surface area contributed by atoms with E-state index in [2.05, 4.69) is 11.4 Å². The standard InChI is InChI=1S/C31H41N3O6S/c1-30(2,3)40-29(36)32-25(20-22-13-18-39-27-12-8-5-9-23(27)19-22)28(35)33-16-14-31(15-17-33)21-34(41(4,37)38)26-11-7-6-10-24(26)31/h5-12,22,25H,13-21H2,1-4H3,(H,32,36)/t22-,25+/m0/s1. The molecule has 10 heteroatoms. The SMILES string of the molecule is CC(C)(C)OC(=O)N[C@H](C[C@H]1CCOc2ccccc2C1)C(=O)N1CCC2(CC1)CN(S(C)(=O)=O)c1ccccc12. The van der Waals surface area contributed by atoms with E-state index in [9.17, 15) is 18.0 Å². The minimum atomic E-state index is -3.42. The molecule has 0 aromatic heterocycles. The Hall–Kier alpha value is -3.27.